The topological polar surface area (TPSA) is 44.5 Å². The lowest BCUT2D eigenvalue weighted by atomic mass is 10.0. The van der Waals surface area contributed by atoms with Gasteiger partial charge in [0.25, 0.3) is 6.43 Å². The van der Waals surface area contributed by atoms with E-state index in [0.717, 1.165) is 5.56 Å². The van der Waals surface area contributed by atoms with Crippen LogP contribution in [0.2, 0.25) is 0 Å². The average molecular weight is 268 g/mol. The molecule has 0 aliphatic heterocycles. The number of halogens is 3. The molecule has 0 amide bonds. The summed E-state index contributed by atoms with van der Waals surface area (Å²) in [5, 5.41) is 0. The van der Waals surface area contributed by atoms with E-state index in [9.17, 15) is 8.78 Å². The Bertz CT molecular complexity index is 349. The molecule has 1 aromatic carbocycles. The van der Waals surface area contributed by atoms with Gasteiger partial charge in [-0.3, -0.25) is 0 Å². The van der Waals surface area contributed by atoms with Crippen LogP contribution in [0, 0.1) is 6.92 Å². The Kier molecular flexibility index (Phi) is 6.20. The first-order valence-corrected chi connectivity index (χ1v) is 4.77. The van der Waals surface area contributed by atoms with Gasteiger partial charge in [-0.15, -0.1) is 12.4 Å². The van der Waals surface area contributed by atoms with Crippen molar-refractivity contribution in [1.29, 1.82) is 0 Å². The molecule has 2 N–H and O–H groups in total. The Morgan fingerprint density at radius 2 is 1.53 bits per heavy atom. The number of benzene rings is 1. The summed E-state index contributed by atoms with van der Waals surface area (Å²) < 4.78 is 35.3. The Hall–Kier alpha value is -1.07. The number of methoxy groups -OCH3 is 2. The van der Waals surface area contributed by atoms with Gasteiger partial charge in [-0.2, -0.15) is 0 Å². The van der Waals surface area contributed by atoms with Crippen molar-refractivity contribution < 1.29 is 18.3 Å². The Morgan fingerprint density at radius 1 is 1.12 bits per heavy atom. The van der Waals surface area contributed by atoms with Crippen LogP contribution in [0.3, 0.4) is 0 Å². The molecule has 0 saturated heterocycles. The highest BCUT2D eigenvalue weighted by Gasteiger charge is 2.25. The van der Waals surface area contributed by atoms with Gasteiger partial charge in [-0.25, -0.2) is 8.78 Å². The molecule has 0 aliphatic rings. The fourth-order valence-electron chi connectivity index (χ4n) is 1.52. The molecule has 0 radical (unpaired) electrons. The van der Waals surface area contributed by atoms with E-state index in [1.807, 2.05) is 6.92 Å². The first kappa shape index (κ1) is 15.9. The van der Waals surface area contributed by atoms with Crippen LogP contribution in [0.1, 0.15) is 17.2 Å². The van der Waals surface area contributed by atoms with Gasteiger partial charge in [0.15, 0.2) is 0 Å². The van der Waals surface area contributed by atoms with E-state index in [1.54, 1.807) is 12.1 Å². The summed E-state index contributed by atoms with van der Waals surface area (Å²) in [4.78, 5) is 0. The lowest BCUT2D eigenvalue weighted by molar-refractivity contribution is 0.113. The SMILES string of the molecule is COc1cc(C)cc(OC)c1[C@H](N)C(F)F.Cl. The Labute approximate surface area is 105 Å². The fourth-order valence-corrected chi connectivity index (χ4v) is 1.52. The van der Waals surface area contributed by atoms with Crippen molar-refractivity contribution in [2.24, 2.45) is 5.73 Å². The number of hydrogen-bond donors (Lipinski definition) is 1. The Morgan fingerprint density at radius 3 is 1.82 bits per heavy atom. The second kappa shape index (κ2) is 6.61. The molecule has 3 nitrogen and oxygen atoms in total. The summed E-state index contributed by atoms with van der Waals surface area (Å²) in [6.07, 6.45) is -2.66. The molecule has 0 spiro atoms. The van der Waals surface area contributed by atoms with Crippen molar-refractivity contribution in [3.8, 4) is 11.5 Å². The number of nitrogens with two attached hydrogens (primary N) is 1. The predicted octanol–water partition coefficient (Wildman–Crippen LogP) is 2.70. The number of alkyl halides is 2. The third kappa shape index (κ3) is 3.44. The van der Waals surface area contributed by atoms with Gasteiger partial charge in [0.2, 0.25) is 0 Å². The summed E-state index contributed by atoms with van der Waals surface area (Å²) in [7, 11) is 2.83. The molecule has 1 aromatic rings. The largest absolute Gasteiger partial charge is 0.496 e. The molecular weight excluding hydrogens is 252 g/mol. The van der Waals surface area contributed by atoms with Crippen molar-refractivity contribution in [3.05, 3.63) is 23.3 Å². The molecule has 98 valence electrons. The van der Waals surface area contributed by atoms with Gasteiger partial charge in [0.05, 0.1) is 25.8 Å². The van der Waals surface area contributed by atoms with Crippen molar-refractivity contribution in [1.82, 2.24) is 0 Å². The fraction of sp³-hybridized carbons (Fsp3) is 0.455. The van der Waals surface area contributed by atoms with Crippen LogP contribution in [-0.4, -0.2) is 20.6 Å². The summed E-state index contributed by atoms with van der Waals surface area (Å²) >= 11 is 0. The molecule has 17 heavy (non-hydrogen) atoms. The monoisotopic (exact) mass is 267 g/mol. The van der Waals surface area contributed by atoms with Gasteiger partial charge >= 0.3 is 0 Å². The van der Waals surface area contributed by atoms with Gasteiger partial charge < -0.3 is 15.2 Å². The third-order valence-electron chi connectivity index (χ3n) is 2.29. The minimum atomic E-state index is -2.66. The maximum absolute atomic E-state index is 12.6. The zero-order chi connectivity index (χ0) is 12.3. The molecular formula is C11H16ClF2NO2. The molecule has 0 aliphatic carbocycles. The molecule has 0 bridgehead atoms. The van der Waals surface area contributed by atoms with E-state index < -0.39 is 12.5 Å². The van der Waals surface area contributed by atoms with Crippen molar-refractivity contribution in [2.75, 3.05) is 14.2 Å². The van der Waals surface area contributed by atoms with Crippen molar-refractivity contribution in [2.45, 2.75) is 19.4 Å². The molecule has 0 heterocycles. The van der Waals surface area contributed by atoms with Crippen molar-refractivity contribution in [3.63, 3.8) is 0 Å². The van der Waals surface area contributed by atoms with Crippen LogP contribution in [0.25, 0.3) is 0 Å². The van der Waals surface area contributed by atoms with Crippen molar-refractivity contribution >= 4 is 12.4 Å². The maximum Gasteiger partial charge on any atom is 0.257 e. The predicted molar refractivity (Wildman–Crippen MR) is 64.5 cm³/mol. The third-order valence-corrected chi connectivity index (χ3v) is 2.29. The molecule has 0 saturated carbocycles. The molecule has 6 heteroatoms. The molecule has 0 unspecified atom stereocenters. The average Bonchev–Trinajstić information content (AvgIpc) is 2.26. The molecule has 0 aromatic heterocycles. The van der Waals surface area contributed by atoms with Crippen LogP contribution in [0.5, 0.6) is 11.5 Å². The number of aryl methyl sites for hydroxylation is 1. The summed E-state index contributed by atoms with van der Waals surface area (Å²) in [5.41, 5.74) is 6.49. The van der Waals surface area contributed by atoms with E-state index in [2.05, 4.69) is 0 Å². The van der Waals surface area contributed by atoms with Crippen LogP contribution in [-0.2, 0) is 0 Å². The minimum Gasteiger partial charge on any atom is -0.496 e. The Balaban J connectivity index is 0.00000256. The smallest absolute Gasteiger partial charge is 0.257 e. The first-order valence-electron chi connectivity index (χ1n) is 4.77. The van der Waals surface area contributed by atoms with Gasteiger partial charge in [-0.05, 0) is 24.6 Å². The maximum atomic E-state index is 12.6. The standard InChI is InChI=1S/C11H15F2NO2.ClH/c1-6-4-7(15-2)9(8(5-6)16-3)10(14)11(12)13;/h4-5,10-11H,14H2,1-3H3;1H/t10-;/m0./s1. The van der Waals surface area contributed by atoms with E-state index in [4.69, 9.17) is 15.2 Å². The molecule has 0 fully saturated rings. The minimum absolute atomic E-state index is 0. The van der Waals surface area contributed by atoms with Gasteiger partial charge in [0, 0.05) is 0 Å². The van der Waals surface area contributed by atoms with Crippen LogP contribution in [0.15, 0.2) is 12.1 Å². The van der Waals surface area contributed by atoms with Gasteiger partial charge in [-0.1, -0.05) is 0 Å². The zero-order valence-electron chi connectivity index (χ0n) is 9.87. The highest BCUT2D eigenvalue weighted by Crippen LogP contribution is 2.36. The second-order valence-electron chi connectivity index (χ2n) is 3.44. The van der Waals surface area contributed by atoms with E-state index in [-0.39, 0.29) is 18.0 Å². The molecule has 1 atom stereocenters. The van der Waals surface area contributed by atoms with E-state index in [1.165, 1.54) is 14.2 Å². The lowest BCUT2D eigenvalue weighted by Crippen LogP contribution is -2.20. The molecule has 1 rings (SSSR count). The summed E-state index contributed by atoms with van der Waals surface area (Å²) in [6, 6.07) is 1.89. The van der Waals surface area contributed by atoms with Crippen LogP contribution in [0.4, 0.5) is 8.78 Å². The lowest BCUT2D eigenvalue weighted by Gasteiger charge is -2.19. The first-order chi connectivity index (χ1) is 7.51. The number of ether oxygens (including phenoxy) is 2. The van der Waals surface area contributed by atoms with E-state index >= 15 is 0 Å². The second-order valence-corrected chi connectivity index (χ2v) is 3.44. The highest BCUT2D eigenvalue weighted by molar-refractivity contribution is 5.85. The normalized spacial score (nSPS) is 11.9. The summed E-state index contributed by atoms with van der Waals surface area (Å²) in [6.45, 7) is 1.82. The number of rotatable bonds is 4. The summed E-state index contributed by atoms with van der Waals surface area (Å²) in [5.74, 6) is 0.648. The van der Waals surface area contributed by atoms with Crippen LogP contribution < -0.4 is 15.2 Å². The highest BCUT2D eigenvalue weighted by atomic mass is 35.5. The quantitative estimate of drug-likeness (QED) is 0.912. The number of hydrogen-bond acceptors (Lipinski definition) is 3. The van der Waals surface area contributed by atoms with E-state index in [0.29, 0.717) is 11.5 Å². The zero-order valence-corrected chi connectivity index (χ0v) is 10.7. The van der Waals surface area contributed by atoms with Gasteiger partial charge in [0.1, 0.15) is 11.5 Å². The van der Waals surface area contributed by atoms with Crippen LogP contribution >= 0.6 is 12.4 Å².